The van der Waals surface area contributed by atoms with E-state index >= 15 is 0 Å². The number of carboxylic acids is 1. The maximum absolute atomic E-state index is 12.7. The number of ketones is 1. The Balaban J connectivity index is 1.86. The van der Waals surface area contributed by atoms with E-state index in [1.54, 1.807) is 36.4 Å². The molecule has 1 atom stereocenters. The Morgan fingerprint density at radius 3 is 2.64 bits per heavy atom. The van der Waals surface area contributed by atoms with Gasteiger partial charge in [-0.05, 0) is 43.3 Å². The minimum absolute atomic E-state index is 0.171. The van der Waals surface area contributed by atoms with E-state index in [1.165, 1.54) is 18.3 Å². The van der Waals surface area contributed by atoms with Crippen LogP contribution in [0.3, 0.4) is 0 Å². The van der Waals surface area contributed by atoms with Gasteiger partial charge in [0.1, 0.15) is 5.75 Å². The number of aromatic carboxylic acids is 1. The number of benzene rings is 2. The lowest BCUT2D eigenvalue weighted by atomic mass is 10.00. The summed E-state index contributed by atoms with van der Waals surface area (Å²) in [6, 6.07) is 13.2. The zero-order valence-electron chi connectivity index (χ0n) is 13.6. The number of para-hydroxylation sites is 1. The third kappa shape index (κ3) is 3.54. The van der Waals surface area contributed by atoms with E-state index in [0.29, 0.717) is 29.2 Å². The van der Waals surface area contributed by atoms with Crippen molar-refractivity contribution in [3.8, 4) is 5.75 Å². The number of hydrogen-bond donors (Lipinski definition) is 2. The number of hydrogen-bond acceptors (Lipinski definition) is 5. The van der Waals surface area contributed by atoms with Crippen LogP contribution >= 0.6 is 0 Å². The molecule has 3 rings (SSSR count). The van der Waals surface area contributed by atoms with E-state index < -0.39 is 12.3 Å². The largest absolute Gasteiger partial charge is 0.478 e. The van der Waals surface area contributed by atoms with E-state index in [9.17, 15) is 9.59 Å². The van der Waals surface area contributed by atoms with Gasteiger partial charge in [0.15, 0.2) is 5.78 Å². The van der Waals surface area contributed by atoms with E-state index in [-0.39, 0.29) is 11.3 Å². The summed E-state index contributed by atoms with van der Waals surface area (Å²) >= 11 is 0. The number of carbonyl (C=O) groups excluding carboxylic acids is 1. The van der Waals surface area contributed by atoms with Crippen LogP contribution in [0.4, 0.5) is 5.69 Å². The van der Waals surface area contributed by atoms with Crippen LogP contribution in [0.5, 0.6) is 5.75 Å². The highest BCUT2D eigenvalue weighted by molar-refractivity contribution is 6.12. The average molecular weight is 339 g/mol. The number of carboxylic acid groups (broad SMARTS) is 1. The topological polar surface area (TPSA) is 84.9 Å². The second-order valence-corrected chi connectivity index (χ2v) is 5.36. The molecule has 0 aromatic heterocycles. The molecule has 0 saturated carbocycles. The molecule has 0 spiro atoms. The molecule has 128 valence electrons. The number of anilines is 1. The number of nitrogens with one attached hydrogen (secondary N) is 1. The van der Waals surface area contributed by atoms with Crippen LogP contribution < -0.4 is 10.1 Å². The highest BCUT2D eigenvalue weighted by Gasteiger charge is 2.32. The molecule has 0 saturated heterocycles. The van der Waals surface area contributed by atoms with Gasteiger partial charge in [0.05, 0.1) is 16.7 Å². The lowest BCUT2D eigenvalue weighted by Gasteiger charge is -2.27. The van der Waals surface area contributed by atoms with Crippen LogP contribution in [0.2, 0.25) is 0 Å². The average Bonchev–Trinajstić information content (AvgIpc) is 2.62. The molecule has 2 aromatic carbocycles. The first kappa shape index (κ1) is 16.7. The molecule has 0 radical (unpaired) electrons. The third-order valence-electron chi connectivity index (χ3n) is 3.73. The molecule has 1 heterocycles. The van der Waals surface area contributed by atoms with Crippen molar-refractivity contribution in [2.24, 2.45) is 0 Å². The van der Waals surface area contributed by atoms with Crippen molar-refractivity contribution in [1.82, 2.24) is 0 Å². The SMILES string of the molecule is CCOC1Oc2ccccc2C(=O)/C1=C/Nc1ccc(C(=O)O)cc1. The number of fused-ring (bicyclic) bond motifs is 1. The Labute approximate surface area is 144 Å². The van der Waals surface area contributed by atoms with E-state index in [2.05, 4.69) is 5.32 Å². The molecule has 2 N–H and O–H groups in total. The van der Waals surface area contributed by atoms with Gasteiger partial charge in [-0.25, -0.2) is 4.79 Å². The van der Waals surface area contributed by atoms with Crippen molar-refractivity contribution < 1.29 is 24.2 Å². The van der Waals surface area contributed by atoms with Gasteiger partial charge in [0.2, 0.25) is 6.29 Å². The Kier molecular flexibility index (Phi) is 4.81. The maximum atomic E-state index is 12.7. The number of carbonyl (C=O) groups is 2. The molecule has 6 nitrogen and oxygen atoms in total. The first-order chi connectivity index (χ1) is 12.1. The molecule has 6 heteroatoms. The smallest absolute Gasteiger partial charge is 0.335 e. The van der Waals surface area contributed by atoms with Crippen molar-refractivity contribution in [3.63, 3.8) is 0 Å². The molecule has 0 aliphatic carbocycles. The zero-order valence-corrected chi connectivity index (χ0v) is 13.6. The normalized spacial score (nSPS) is 17.7. The second kappa shape index (κ2) is 7.19. The Morgan fingerprint density at radius 1 is 1.24 bits per heavy atom. The van der Waals surface area contributed by atoms with Crippen LogP contribution in [0.15, 0.2) is 60.3 Å². The summed E-state index contributed by atoms with van der Waals surface area (Å²) in [5.74, 6) is -0.669. The first-order valence-electron chi connectivity index (χ1n) is 7.82. The highest BCUT2D eigenvalue weighted by atomic mass is 16.7. The van der Waals surface area contributed by atoms with Gasteiger partial charge in [0.25, 0.3) is 0 Å². The number of rotatable bonds is 5. The van der Waals surface area contributed by atoms with Gasteiger partial charge < -0.3 is 19.9 Å². The lowest BCUT2D eigenvalue weighted by Crippen LogP contribution is -2.33. The molecule has 0 amide bonds. The molecule has 25 heavy (non-hydrogen) atoms. The van der Waals surface area contributed by atoms with Gasteiger partial charge in [0, 0.05) is 18.5 Å². The van der Waals surface area contributed by atoms with Crippen LogP contribution in [0, 0.1) is 0 Å². The zero-order chi connectivity index (χ0) is 17.8. The van der Waals surface area contributed by atoms with Crippen molar-refractivity contribution >= 4 is 17.4 Å². The Morgan fingerprint density at radius 2 is 1.96 bits per heavy atom. The van der Waals surface area contributed by atoms with E-state index in [4.69, 9.17) is 14.6 Å². The number of Topliss-reactive ketones (excluding diaryl/α,β-unsaturated/α-hetero) is 1. The minimum atomic E-state index is -0.992. The summed E-state index contributed by atoms with van der Waals surface area (Å²) in [6.07, 6.45) is 0.743. The number of ether oxygens (including phenoxy) is 2. The minimum Gasteiger partial charge on any atom is -0.478 e. The molecule has 1 aliphatic heterocycles. The first-order valence-corrected chi connectivity index (χ1v) is 7.82. The molecular weight excluding hydrogens is 322 g/mol. The lowest BCUT2D eigenvalue weighted by molar-refractivity contribution is -0.0509. The fourth-order valence-corrected chi connectivity index (χ4v) is 2.48. The van der Waals surface area contributed by atoms with Crippen molar-refractivity contribution in [2.75, 3.05) is 11.9 Å². The van der Waals surface area contributed by atoms with Gasteiger partial charge in [-0.2, -0.15) is 0 Å². The summed E-state index contributed by atoms with van der Waals surface area (Å²) < 4.78 is 11.3. The maximum Gasteiger partial charge on any atom is 0.335 e. The molecule has 1 unspecified atom stereocenters. The quantitative estimate of drug-likeness (QED) is 0.813. The van der Waals surface area contributed by atoms with Crippen LogP contribution in [-0.2, 0) is 4.74 Å². The Bertz CT molecular complexity index is 826. The molecule has 0 fully saturated rings. The predicted molar refractivity (Wildman–Crippen MR) is 91.9 cm³/mol. The molecule has 0 bridgehead atoms. The summed E-state index contributed by atoms with van der Waals surface area (Å²) in [5.41, 5.74) is 1.67. The molecular formula is C19H17NO5. The van der Waals surface area contributed by atoms with Gasteiger partial charge >= 0.3 is 5.97 Å². The van der Waals surface area contributed by atoms with Crippen molar-refractivity contribution in [1.29, 1.82) is 0 Å². The fraction of sp³-hybridized carbons (Fsp3) is 0.158. The van der Waals surface area contributed by atoms with Crippen LogP contribution in [-0.4, -0.2) is 29.8 Å². The highest BCUT2D eigenvalue weighted by Crippen LogP contribution is 2.31. The monoisotopic (exact) mass is 339 g/mol. The Hall–Kier alpha value is -3.12. The van der Waals surface area contributed by atoms with Crippen LogP contribution in [0.1, 0.15) is 27.6 Å². The molecule has 2 aromatic rings. The van der Waals surface area contributed by atoms with Gasteiger partial charge in [-0.1, -0.05) is 12.1 Å². The predicted octanol–water partition coefficient (Wildman–Crippen LogP) is 3.32. The van der Waals surface area contributed by atoms with Gasteiger partial charge in [-0.3, -0.25) is 4.79 Å². The van der Waals surface area contributed by atoms with Crippen molar-refractivity contribution in [3.05, 3.63) is 71.4 Å². The molecule has 1 aliphatic rings. The summed E-state index contributed by atoms with van der Waals surface area (Å²) in [6.45, 7) is 2.22. The van der Waals surface area contributed by atoms with E-state index in [1.807, 2.05) is 6.92 Å². The summed E-state index contributed by atoms with van der Waals surface area (Å²) in [7, 11) is 0. The third-order valence-corrected chi connectivity index (χ3v) is 3.73. The van der Waals surface area contributed by atoms with Gasteiger partial charge in [-0.15, -0.1) is 0 Å². The second-order valence-electron chi connectivity index (χ2n) is 5.36. The summed E-state index contributed by atoms with van der Waals surface area (Å²) in [4.78, 5) is 23.6. The van der Waals surface area contributed by atoms with E-state index in [0.717, 1.165) is 0 Å². The standard InChI is InChI=1S/C19H17NO5/c1-2-24-19-15(17(21)14-5-3-4-6-16(14)25-19)11-20-13-9-7-12(8-10-13)18(22)23/h3-11,19-20H,2H2,1H3,(H,22,23)/b15-11-. The fourth-order valence-electron chi connectivity index (χ4n) is 2.48. The summed E-state index contributed by atoms with van der Waals surface area (Å²) in [5, 5.41) is 11.9. The van der Waals surface area contributed by atoms with Crippen LogP contribution in [0.25, 0.3) is 0 Å². The van der Waals surface area contributed by atoms with Crippen molar-refractivity contribution in [2.45, 2.75) is 13.2 Å².